The van der Waals surface area contributed by atoms with Gasteiger partial charge < -0.3 is 10.1 Å². The summed E-state index contributed by atoms with van der Waals surface area (Å²) in [5, 5.41) is 3.42. The number of aromatic nitrogens is 1. The topological polar surface area (TPSA) is 51.2 Å². The van der Waals surface area contributed by atoms with Crippen LogP contribution < -0.4 is 10.1 Å². The number of hydrogen-bond donors (Lipinski definition) is 1. The minimum absolute atomic E-state index is 0.0642. The predicted octanol–water partition coefficient (Wildman–Crippen LogP) is 4.02. The number of nitrogens with zero attached hydrogens (tertiary/aromatic N) is 1. The first-order valence-corrected chi connectivity index (χ1v) is 8.56. The monoisotopic (exact) mass is 370 g/mol. The van der Waals surface area contributed by atoms with Crippen molar-refractivity contribution in [2.75, 3.05) is 18.9 Å². The van der Waals surface area contributed by atoms with E-state index in [4.69, 9.17) is 4.74 Å². The van der Waals surface area contributed by atoms with Crippen LogP contribution in [0.4, 0.5) is 13.2 Å². The SMILES string of the molecule is CCSc1cc(C(=O)NCCOc2cccc(C(F)(F)F)c2)ccn1. The minimum Gasteiger partial charge on any atom is -0.492 e. The standard InChI is InChI=1S/C17H17F3N2O2S/c1-2-25-15-10-12(6-7-21-15)16(23)22-8-9-24-14-5-3-4-13(11-14)17(18,19)20/h3-7,10-11H,2,8-9H2,1H3,(H,22,23). The quantitative estimate of drug-likeness (QED) is 0.591. The molecule has 0 aliphatic rings. The second-order valence-electron chi connectivity index (χ2n) is 4.95. The van der Waals surface area contributed by atoms with Crippen LogP contribution in [-0.4, -0.2) is 29.8 Å². The molecule has 4 nitrogen and oxygen atoms in total. The number of benzene rings is 1. The first-order valence-electron chi connectivity index (χ1n) is 7.57. The Balaban J connectivity index is 1.83. The molecular weight excluding hydrogens is 353 g/mol. The molecule has 2 rings (SSSR count). The fraction of sp³-hybridized carbons (Fsp3) is 0.294. The Kier molecular flexibility index (Phi) is 6.69. The number of carbonyl (C=O) groups excluding carboxylic acids is 1. The van der Waals surface area contributed by atoms with Crippen LogP contribution in [0.25, 0.3) is 0 Å². The van der Waals surface area contributed by atoms with Crippen molar-refractivity contribution < 1.29 is 22.7 Å². The van der Waals surface area contributed by atoms with Crippen LogP contribution >= 0.6 is 11.8 Å². The Hall–Kier alpha value is -2.22. The van der Waals surface area contributed by atoms with Gasteiger partial charge in [0.2, 0.25) is 0 Å². The van der Waals surface area contributed by atoms with E-state index in [0.717, 1.165) is 22.9 Å². The highest BCUT2D eigenvalue weighted by molar-refractivity contribution is 7.99. The molecule has 0 spiro atoms. The highest BCUT2D eigenvalue weighted by Gasteiger charge is 2.30. The van der Waals surface area contributed by atoms with E-state index in [0.29, 0.717) is 5.56 Å². The van der Waals surface area contributed by atoms with Gasteiger partial charge in [0.15, 0.2) is 0 Å². The number of hydrogen-bond acceptors (Lipinski definition) is 4. The van der Waals surface area contributed by atoms with Crippen molar-refractivity contribution >= 4 is 17.7 Å². The molecule has 0 bridgehead atoms. The summed E-state index contributed by atoms with van der Waals surface area (Å²) in [5.74, 6) is 0.672. The smallest absolute Gasteiger partial charge is 0.416 e. The second kappa shape index (κ2) is 8.75. The van der Waals surface area contributed by atoms with Gasteiger partial charge >= 0.3 is 6.18 Å². The van der Waals surface area contributed by atoms with Crippen LogP contribution in [0, 0.1) is 0 Å². The number of thioether (sulfide) groups is 1. The molecule has 0 unspecified atom stereocenters. The maximum atomic E-state index is 12.6. The van der Waals surface area contributed by atoms with Gasteiger partial charge in [0.05, 0.1) is 17.1 Å². The Morgan fingerprint density at radius 1 is 1.28 bits per heavy atom. The maximum absolute atomic E-state index is 12.6. The van der Waals surface area contributed by atoms with Crippen molar-refractivity contribution in [2.45, 2.75) is 18.1 Å². The van der Waals surface area contributed by atoms with Gasteiger partial charge in [0.1, 0.15) is 12.4 Å². The number of pyridine rings is 1. The lowest BCUT2D eigenvalue weighted by Crippen LogP contribution is -2.28. The van der Waals surface area contributed by atoms with Gasteiger partial charge in [-0.25, -0.2) is 4.98 Å². The summed E-state index contributed by atoms with van der Waals surface area (Å²) in [4.78, 5) is 16.2. The van der Waals surface area contributed by atoms with E-state index >= 15 is 0 Å². The number of carbonyl (C=O) groups is 1. The fourth-order valence-corrected chi connectivity index (χ4v) is 2.62. The predicted molar refractivity (Wildman–Crippen MR) is 89.9 cm³/mol. The van der Waals surface area contributed by atoms with Gasteiger partial charge in [0, 0.05) is 11.8 Å². The second-order valence-corrected chi connectivity index (χ2v) is 6.23. The van der Waals surface area contributed by atoms with Crippen molar-refractivity contribution in [3.8, 4) is 5.75 Å². The van der Waals surface area contributed by atoms with Gasteiger partial charge in [0.25, 0.3) is 5.91 Å². The molecule has 1 aromatic carbocycles. The van der Waals surface area contributed by atoms with Gasteiger partial charge in [-0.3, -0.25) is 4.79 Å². The zero-order valence-electron chi connectivity index (χ0n) is 13.5. The van der Waals surface area contributed by atoms with E-state index in [2.05, 4.69) is 10.3 Å². The molecule has 0 atom stereocenters. The van der Waals surface area contributed by atoms with Crippen molar-refractivity contribution in [3.05, 3.63) is 53.7 Å². The number of amides is 1. The molecule has 0 aliphatic heterocycles. The molecule has 0 aliphatic carbocycles. The van der Waals surface area contributed by atoms with E-state index < -0.39 is 11.7 Å². The molecule has 0 fully saturated rings. The molecule has 1 heterocycles. The summed E-state index contributed by atoms with van der Waals surface area (Å²) in [5.41, 5.74) is -0.295. The van der Waals surface area contributed by atoms with Gasteiger partial charge in [-0.2, -0.15) is 13.2 Å². The van der Waals surface area contributed by atoms with E-state index in [9.17, 15) is 18.0 Å². The van der Waals surface area contributed by atoms with E-state index in [1.165, 1.54) is 23.9 Å². The number of rotatable bonds is 7. The molecule has 1 amide bonds. The largest absolute Gasteiger partial charge is 0.492 e. The first kappa shape index (κ1) is 19.1. The average molecular weight is 370 g/mol. The molecule has 1 aromatic heterocycles. The van der Waals surface area contributed by atoms with Crippen molar-refractivity contribution in [2.24, 2.45) is 0 Å². The lowest BCUT2D eigenvalue weighted by Gasteiger charge is -2.11. The van der Waals surface area contributed by atoms with Crippen molar-refractivity contribution in [1.82, 2.24) is 10.3 Å². The molecule has 0 saturated heterocycles. The third-order valence-electron chi connectivity index (χ3n) is 3.11. The number of halogens is 3. The summed E-state index contributed by atoms with van der Waals surface area (Å²) in [7, 11) is 0. The summed E-state index contributed by atoms with van der Waals surface area (Å²) in [6.45, 7) is 2.23. The fourth-order valence-electron chi connectivity index (χ4n) is 1.98. The van der Waals surface area contributed by atoms with Crippen LogP contribution in [0.1, 0.15) is 22.8 Å². The number of ether oxygens (including phenoxy) is 1. The maximum Gasteiger partial charge on any atom is 0.416 e. The minimum atomic E-state index is -4.41. The van der Waals surface area contributed by atoms with Crippen LogP contribution in [0.15, 0.2) is 47.6 Å². The molecular formula is C17H17F3N2O2S. The number of alkyl halides is 3. The van der Waals surface area contributed by atoms with Crippen LogP contribution in [-0.2, 0) is 6.18 Å². The van der Waals surface area contributed by atoms with E-state index in [1.807, 2.05) is 6.92 Å². The summed E-state index contributed by atoms with van der Waals surface area (Å²) >= 11 is 1.53. The van der Waals surface area contributed by atoms with Gasteiger partial charge in [-0.05, 0) is 36.1 Å². The normalized spacial score (nSPS) is 11.2. The summed E-state index contributed by atoms with van der Waals surface area (Å²) in [6, 6.07) is 7.91. The summed E-state index contributed by atoms with van der Waals surface area (Å²) < 4.78 is 43.1. The zero-order valence-corrected chi connectivity index (χ0v) is 14.3. The Morgan fingerprint density at radius 3 is 2.80 bits per heavy atom. The van der Waals surface area contributed by atoms with Gasteiger partial charge in [-0.1, -0.05) is 13.0 Å². The Bertz CT molecular complexity index is 723. The third kappa shape index (κ3) is 5.97. The molecule has 0 saturated carbocycles. The molecule has 0 radical (unpaired) electrons. The molecule has 8 heteroatoms. The van der Waals surface area contributed by atoms with E-state index in [-0.39, 0.29) is 24.8 Å². The first-order chi connectivity index (χ1) is 11.9. The van der Waals surface area contributed by atoms with Crippen molar-refractivity contribution in [3.63, 3.8) is 0 Å². The molecule has 2 aromatic rings. The molecule has 25 heavy (non-hydrogen) atoms. The van der Waals surface area contributed by atoms with Crippen LogP contribution in [0.5, 0.6) is 5.75 Å². The summed E-state index contributed by atoms with van der Waals surface area (Å²) in [6.07, 6.45) is -2.85. The number of nitrogens with one attached hydrogen (secondary N) is 1. The van der Waals surface area contributed by atoms with Gasteiger partial charge in [-0.15, -0.1) is 11.8 Å². The highest BCUT2D eigenvalue weighted by Crippen LogP contribution is 2.31. The Labute approximate surface area is 147 Å². The average Bonchev–Trinajstić information content (AvgIpc) is 2.58. The highest BCUT2D eigenvalue weighted by atomic mass is 32.2. The molecule has 1 N–H and O–H groups in total. The lowest BCUT2D eigenvalue weighted by atomic mass is 10.2. The van der Waals surface area contributed by atoms with Crippen LogP contribution in [0.3, 0.4) is 0 Å². The van der Waals surface area contributed by atoms with E-state index in [1.54, 1.807) is 18.3 Å². The lowest BCUT2D eigenvalue weighted by molar-refractivity contribution is -0.137. The Morgan fingerprint density at radius 2 is 2.08 bits per heavy atom. The zero-order chi connectivity index (χ0) is 18.3. The molecule has 134 valence electrons. The van der Waals surface area contributed by atoms with Crippen LogP contribution in [0.2, 0.25) is 0 Å². The van der Waals surface area contributed by atoms with Crippen molar-refractivity contribution in [1.29, 1.82) is 0 Å². The third-order valence-corrected chi connectivity index (χ3v) is 3.91.